The second kappa shape index (κ2) is 5.46. The van der Waals surface area contributed by atoms with E-state index in [1.165, 1.54) is 14.0 Å². The van der Waals surface area contributed by atoms with E-state index in [0.29, 0.717) is 0 Å². The number of nitro benzene ring substituents is 1. The highest BCUT2D eigenvalue weighted by atomic mass is 35.5. The number of non-ortho nitro benzene ring substituents is 1. The number of halogens is 1. The van der Waals surface area contributed by atoms with Crippen LogP contribution in [0.4, 0.5) is 10.5 Å². The Morgan fingerprint density at radius 1 is 1.44 bits per heavy atom. The topological polar surface area (TPSA) is 98.5 Å². The van der Waals surface area contributed by atoms with Crippen molar-refractivity contribution >= 4 is 29.2 Å². The molecule has 18 heavy (non-hydrogen) atoms. The zero-order chi connectivity index (χ0) is 13.9. The van der Waals surface area contributed by atoms with Gasteiger partial charge >= 0.3 is 6.09 Å². The summed E-state index contributed by atoms with van der Waals surface area (Å²) in [6.07, 6.45) is -0.826. The fraction of sp³-hybridized carbons (Fsp3) is 0.200. The molecule has 0 unspecified atom stereocenters. The molecule has 8 heteroatoms. The van der Waals surface area contributed by atoms with Crippen LogP contribution >= 0.6 is 11.6 Å². The highest BCUT2D eigenvalue weighted by molar-refractivity contribution is 6.33. The molecular weight excluding hydrogens is 264 g/mol. The number of amides is 1. The number of ether oxygens (including phenoxy) is 1. The van der Waals surface area contributed by atoms with Gasteiger partial charge in [0.15, 0.2) is 11.5 Å². The minimum Gasteiger partial charge on any atom is -0.408 e. The molecule has 1 amide bonds. The van der Waals surface area contributed by atoms with E-state index in [2.05, 4.69) is 5.32 Å². The first-order chi connectivity index (χ1) is 8.36. The molecule has 0 bridgehead atoms. The maximum atomic E-state index is 11.4. The number of Topliss-reactive ketones (excluding diaryl/α,β-unsaturated/α-hetero) is 1. The van der Waals surface area contributed by atoms with Crippen LogP contribution in [0.25, 0.3) is 0 Å². The molecule has 1 rings (SSSR count). The van der Waals surface area contributed by atoms with Gasteiger partial charge in [-0.1, -0.05) is 11.6 Å². The van der Waals surface area contributed by atoms with Gasteiger partial charge in [0, 0.05) is 19.2 Å². The van der Waals surface area contributed by atoms with Gasteiger partial charge in [0.1, 0.15) is 0 Å². The first kappa shape index (κ1) is 13.9. The third-order valence-electron chi connectivity index (χ3n) is 2.02. The number of hydrogen-bond acceptors (Lipinski definition) is 5. The molecule has 0 radical (unpaired) electrons. The average Bonchev–Trinajstić information content (AvgIpc) is 2.30. The van der Waals surface area contributed by atoms with E-state index in [-0.39, 0.29) is 22.0 Å². The van der Waals surface area contributed by atoms with Crippen LogP contribution in [0.2, 0.25) is 5.02 Å². The van der Waals surface area contributed by atoms with Crippen LogP contribution < -0.4 is 10.1 Å². The van der Waals surface area contributed by atoms with Crippen molar-refractivity contribution in [2.75, 3.05) is 7.05 Å². The quantitative estimate of drug-likeness (QED) is 0.516. The Hall–Kier alpha value is -2.15. The van der Waals surface area contributed by atoms with Gasteiger partial charge in [-0.15, -0.1) is 0 Å². The van der Waals surface area contributed by atoms with E-state index in [1.807, 2.05) is 0 Å². The van der Waals surface area contributed by atoms with Crippen LogP contribution in [-0.2, 0) is 0 Å². The summed E-state index contributed by atoms with van der Waals surface area (Å²) in [5, 5.41) is 12.6. The third kappa shape index (κ3) is 2.95. The number of nitrogens with one attached hydrogen (secondary N) is 1. The molecule has 7 nitrogen and oxygen atoms in total. The van der Waals surface area contributed by atoms with Crippen molar-refractivity contribution in [1.29, 1.82) is 0 Å². The van der Waals surface area contributed by atoms with E-state index in [0.717, 1.165) is 12.1 Å². The lowest BCUT2D eigenvalue weighted by Gasteiger charge is -2.09. The molecular formula is C10H9ClN2O5. The highest BCUT2D eigenvalue weighted by Crippen LogP contribution is 2.33. The molecule has 0 fully saturated rings. The zero-order valence-electron chi connectivity index (χ0n) is 9.52. The summed E-state index contributed by atoms with van der Waals surface area (Å²) in [5.41, 5.74) is -0.479. The van der Waals surface area contributed by atoms with Crippen LogP contribution in [-0.4, -0.2) is 23.8 Å². The van der Waals surface area contributed by atoms with Crippen molar-refractivity contribution < 1.29 is 19.2 Å². The van der Waals surface area contributed by atoms with E-state index in [1.54, 1.807) is 0 Å². The summed E-state index contributed by atoms with van der Waals surface area (Å²) in [6.45, 7) is 1.19. The van der Waals surface area contributed by atoms with Crippen molar-refractivity contribution in [3.63, 3.8) is 0 Å². The van der Waals surface area contributed by atoms with Gasteiger partial charge in [0.2, 0.25) is 0 Å². The standard InChI is InChI=1S/C10H9ClN2O5/c1-5(14)7-3-6(13(16)17)4-8(11)9(7)18-10(15)12-2/h3-4H,1-2H3,(H,12,15). The van der Waals surface area contributed by atoms with Gasteiger partial charge in [-0.3, -0.25) is 14.9 Å². The second-order valence-corrected chi connectivity index (χ2v) is 3.66. The number of carbonyl (C=O) groups excluding carboxylic acids is 2. The minimum atomic E-state index is -0.826. The van der Waals surface area contributed by atoms with Crippen LogP contribution in [0, 0.1) is 10.1 Å². The first-order valence-corrected chi connectivity index (χ1v) is 5.13. The van der Waals surface area contributed by atoms with Gasteiger partial charge in [-0.25, -0.2) is 4.79 Å². The Morgan fingerprint density at radius 2 is 2.06 bits per heavy atom. The largest absolute Gasteiger partial charge is 0.412 e. The normalized spacial score (nSPS) is 9.72. The third-order valence-corrected chi connectivity index (χ3v) is 2.30. The Balaban J connectivity index is 3.36. The summed E-state index contributed by atoms with van der Waals surface area (Å²) < 4.78 is 4.80. The number of hydrogen-bond donors (Lipinski definition) is 1. The van der Waals surface area contributed by atoms with Crippen LogP contribution in [0.5, 0.6) is 5.75 Å². The summed E-state index contributed by atoms with van der Waals surface area (Å²) >= 11 is 5.76. The number of ketones is 1. The van der Waals surface area contributed by atoms with Crippen molar-refractivity contribution in [2.45, 2.75) is 6.92 Å². The number of nitrogens with zero attached hydrogens (tertiary/aromatic N) is 1. The van der Waals surface area contributed by atoms with Crippen molar-refractivity contribution in [2.24, 2.45) is 0 Å². The van der Waals surface area contributed by atoms with E-state index >= 15 is 0 Å². The number of benzene rings is 1. The van der Waals surface area contributed by atoms with Crippen LogP contribution in [0.3, 0.4) is 0 Å². The summed E-state index contributed by atoms with van der Waals surface area (Å²) in [7, 11) is 1.33. The van der Waals surface area contributed by atoms with Crippen LogP contribution in [0.1, 0.15) is 17.3 Å². The number of nitro groups is 1. The SMILES string of the molecule is CNC(=O)Oc1c(Cl)cc([N+](=O)[O-])cc1C(C)=O. The maximum absolute atomic E-state index is 11.4. The molecule has 0 atom stereocenters. The summed E-state index contributed by atoms with van der Waals surface area (Å²) in [5.74, 6) is -0.700. The van der Waals surface area contributed by atoms with Gasteiger partial charge in [-0.05, 0) is 6.92 Å². The van der Waals surface area contributed by atoms with Crippen molar-refractivity contribution in [3.8, 4) is 5.75 Å². The second-order valence-electron chi connectivity index (χ2n) is 3.26. The van der Waals surface area contributed by atoms with Gasteiger partial charge in [0.25, 0.3) is 5.69 Å². The van der Waals surface area contributed by atoms with Crippen molar-refractivity contribution in [3.05, 3.63) is 32.8 Å². The molecule has 0 aliphatic carbocycles. The van der Waals surface area contributed by atoms with Gasteiger partial charge in [0.05, 0.1) is 15.5 Å². The predicted octanol–water partition coefficient (Wildman–Crippen LogP) is 2.17. The molecule has 1 N–H and O–H groups in total. The lowest BCUT2D eigenvalue weighted by molar-refractivity contribution is -0.384. The summed E-state index contributed by atoms with van der Waals surface area (Å²) in [4.78, 5) is 32.4. The molecule has 0 spiro atoms. The Bertz CT molecular complexity index is 529. The lowest BCUT2D eigenvalue weighted by atomic mass is 10.1. The molecule has 0 saturated carbocycles. The number of carbonyl (C=O) groups is 2. The lowest BCUT2D eigenvalue weighted by Crippen LogP contribution is -2.23. The predicted molar refractivity (Wildman–Crippen MR) is 63.2 cm³/mol. The first-order valence-electron chi connectivity index (χ1n) is 4.75. The molecule has 0 aliphatic heterocycles. The van der Waals surface area contributed by atoms with Crippen LogP contribution in [0.15, 0.2) is 12.1 Å². The zero-order valence-corrected chi connectivity index (χ0v) is 10.3. The fourth-order valence-electron chi connectivity index (χ4n) is 1.19. The molecule has 0 aliphatic rings. The Labute approximate surface area is 107 Å². The fourth-order valence-corrected chi connectivity index (χ4v) is 1.45. The van der Waals surface area contributed by atoms with Crippen molar-refractivity contribution in [1.82, 2.24) is 5.32 Å². The average molecular weight is 273 g/mol. The molecule has 96 valence electrons. The van der Waals surface area contributed by atoms with E-state index in [9.17, 15) is 19.7 Å². The van der Waals surface area contributed by atoms with Gasteiger partial charge < -0.3 is 10.1 Å². The highest BCUT2D eigenvalue weighted by Gasteiger charge is 2.21. The Morgan fingerprint density at radius 3 is 2.50 bits per heavy atom. The number of rotatable bonds is 3. The minimum absolute atomic E-state index is 0.127. The molecule has 0 aromatic heterocycles. The Kier molecular flexibility index (Phi) is 4.22. The maximum Gasteiger partial charge on any atom is 0.412 e. The molecule has 0 heterocycles. The summed E-state index contributed by atoms with van der Waals surface area (Å²) in [6, 6.07) is 2.01. The van der Waals surface area contributed by atoms with E-state index in [4.69, 9.17) is 16.3 Å². The molecule has 1 aromatic carbocycles. The smallest absolute Gasteiger partial charge is 0.408 e. The van der Waals surface area contributed by atoms with E-state index < -0.39 is 16.8 Å². The molecule has 0 saturated heterocycles. The molecule has 1 aromatic rings. The van der Waals surface area contributed by atoms with Gasteiger partial charge in [-0.2, -0.15) is 0 Å². The monoisotopic (exact) mass is 272 g/mol.